The van der Waals surface area contributed by atoms with Crippen molar-refractivity contribution in [3.63, 3.8) is 0 Å². The molecule has 10 nitrogen and oxygen atoms in total. The van der Waals surface area contributed by atoms with Crippen LogP contribution in [0.2, 0.25) is 0 Å². The van der Waals surface area contributed by atoms with Gasteiger partial charge >= 0.3 is 6.09 Å². The van der Waals surface area contributed by atoms with Gasteiger partial charge in [0.2, 0.25) is 5.95 Å². The average molecular weight is 583 g/mol. The molecule has 12 heteroatoms. The summed E-state index contributed by atoms with van der Waals surface area (Å²) in [5.74, 6) is -1.10. The molecule has 0 atom stereocenters. The van der Waals surface area contributed by atoms with Crippen LogP contribution in [0.3, 0.4) is 0 Å². The van der Waals surface area contributed by atoms with Crippen LogP contribution in [-0.2, 0) is 4.74 Å². The van der Waals surface area contributed by atoms with Gasteiger partial charge < -0.3 is 29.2 Å². The predicted molar refractivity (Wildman–Crippen MR) is 155 cm³/mol. The number of piperidine rings is 1. The fourth-order valence-electron chi connectivity index (χ4n) is 5.26. The quantitative estimate of drug-likeness (QED) is 0.421. The molecule has 0 saturated carbocycles. The maximum absolute atomic E-state index is 15.0. The maximum Gasteiger partial charge on any atom is 0.410 e. The third-order valence-corrected chi connectivity index (χ3v) is 7.27. The second kappa shape index (κ2) is 11.6. The lowest BCUT2D eigenvalue weighted by Crippen LogP contribution is -2.43. The number of fused-ring (bicyclic) bond motifs is 1. The Balaban J connectivity index is 1.31. The summed E-state index contributed by atoms with van der Waals surface area (Å²) in [5, 5.41) is 2.96. The van der Waals surface area contributed by atoms with Crippen LogP contribution in [-0.4, -0.2) is 63.4 Å². The van der Waals surface area contributed by atoms with E-state index < -0.39 is 17.2 Å². The smallest absolute Gasteiger partial charge is 0.410 e. The Morgan fingerprint density at radius 2 is 1.86 bits per heavy atom. The zero-order chi connectivity index (χ0) is 30.2. The van der Waals surface area contributed by atoms with Gasteiger partial charge in [0, 0.05) is 48.7 Å². The summed E-state index contributed by atoms with van der Waals surface area (Å²) in [5.41, 5.74) is 0.342. The number of benzene rings is 1. The molecule has 0 bridgehead atoms. The highest BCUT2D eigenvalue weighted by molar-refractivity contribution is 5.73. The summed E-state index contributed by atoms with van der Waals surface area (Å²) in [6, 6.07) is 6.03. The summed E-state index contributed by atoms with van der Waals surface area (Å²) in [7, 11) is 0. The normalized spacial score (nSPS) is 15.8. The first-order valence-electron chi connectivity index (χ1n) is 14.1. The van der Waals surface area contributed by atoms with E-state index in [0.717, 1.165) is 6.20 Å². The van der Waals surface area contributed by atoms with Crippen molar-refractivity contribution in [3.05, 3.63) is 58.6 Å². The summed E-state index contributed by atoms with van der Waals surface area (Å²) >= 11 is 0. The van der Waals surface area contributed by atoms with Gasteiger partial charge in [-0.3, -0.25) is 4.79 Å². The molecule has 3 aromatic rings. The lowest BCUT2D eigenvalue weighted by atomic mass is 10.0. The zero-order valence-corrected chi connectivity index (χ0v) is 24.5. The first kappa shape index (κ1) is 29.3. The molecule has 2 aromatic heterocycles. The number of likely N-dealkylation sites (tertiary alicyclic amines) is 1. The van der Waals surface area contributed by atoms with Crippen LogP contribution in [0.1, 0.15) is 53.5 Å². The Hall–Kier alpha value is -4.22. The predicted octanol–water partition coefficient (Wildman–Crippen LogP) is 5.51. The van der Waals surface area contributed by atoms with Crippen molar-refractivity contribution < 1.29 is 23.0 Å². The van der Waals surface area contributed by atoms with Crippen molar-refractivity contribution in [2.24, 2.45) is 0 Å². The van der Waals surface area contributed by atoms with Crippen molar-refractivity contribution in [3.8, 4) is 17.0 Å². The molecule has 0 spiro atoms. The van der Waals surface area contributed by atoms with Gasteiger partial charge in [-0.2, -0.15) is 0 Å². The number of rotatable bonds is 5. The number of carbonyl (C=O) groups excluding carboxylic acids is 1. The molecule has 5 rings (SSSR count). The SMILES string of the molecule is CC(C)N1CCOc2c(F)cc(-c3nc(Nc4ccn(C5CCN(C(=O)OC(C)(C)C)CC5)c(=O)c4)ncc3F)cc21. The molecular weight excluding hydrogens is 546 g/mol. The first-order chi connectivity index (χ1) is 19.9. The van der Waals surface area contributed by atoms with Crippen molar-refractivity contribution in [1.82, 2.24) is 19.4 Å². The molecule has 42 heavy (non-hydrogen) atoms. The fraction of sp³-hybridized carbons (Fsp3) is 0.467. The Morgan fingerprint density at radius 1 is 1.12 bits per heavy atom. The second-order valence-electron chi connectivity index (χ2n) is 11.8. The molecule has 4 heterocycles. The van der Waals surface area contributed by atoms with E-state index in [0.29, 0.717) is 50.5 Å². The Kier molecular flexibility index (Phi) is 8.07. The molecule has 2 aliphatic heterocycles. The summed E-state index contributed by atoms with van der Waals surface area (Å²) in [6.07, 6.45) is 3.58. The number of carbonyl (C=O) groups is 1. The van der Waals surface area contributed by atoms with E-state index in [1.807, 2.05) is 39.5 Å². The van der Waals surface area contributed by atoms with E-state index in [4.69, 9.17) is 9.47 Å². The number of halogens is 2. The molecule has 224 valence electrons. The third-order valence-electron chi connectivity index (χ3n) is 7.27. The monoisotopic (exact) mass is 582 g/mol. The Morgan fingerprint density at radius 3 is 2.52 bits per heavy atom. The Labute approximate surface area is 243 Å². The molecular formula is C30H36F2N6O4. The summed E-state index contributed by atoms with van der Waals surface area (Å²) in [4.78, 5) is 37.3. The number of hydrogen-bond acceptors (Lipinski definition) is 8. The highest BCUT2D eigenvalue weighted by Gasteiger charge is 2.28. The molecule has 1 N–H and O–H groups in total. The number of aromatic nitrogens is 3. The Bertz CT molecular complexity index is 1530. The maximum atomic E-state index is 15.0. The second-order valence-corrected chi connectivity index (χ2v) is 11.8. The first-order valence-corrected chi connectivity index (χ1v) is 14.1. The minimum Gasteiger partial charge on any atom is -0.486 e. The van der Waals surface area contributed by atoms with Crippen molar-refractivity contribution in [1.29, 1.82) is 0 Å². The van der Waals surface area contributed by atoms with Crippen LogP contribution < -0.4 is 20.5 Å². The van der Waals surface area contributed by atoms with Gasteiger partial charge in [-0.1, -0.05) is 0 Å². The van der Waals surface area contributed by atoms with Crippen LogP contribution in [0, 0.1) is 11.6 Å². The third kappa shape index (κ3) is 6.32. The number of anilines is 3. The van der Waals surface area contributed by atoms with Gasteiger partial charge in [0.1, 0.15) is 17.9 Å². The molecule has 0 aliphatic carbocycles. The average Bonchev–Trinajstić information content (AvgIpc) is 2.93. The van der Waals surface area contributed by atoms with E-state index in [-0.39, 0.29) is 46.7 Å². The van der Waals surface area contributed by atoms with Gasteiger partial charge in [0.05, 0.1) is 18.4 Å². The summed E-state index contributed by atoms with van der Waals surface area (Å²) in [6.45, 7) is 11.4. The molecule has 2 aliphatic rings. The molecule has 1 saturated heterocycles. The number of pyridine rings is 1. The molecule has 1 amide bonds. The van der Waals surface area contributed by atoms with Crippen LogP contribution in [0.25, 0.3) is 11.3 Å². The van der Waals surface area contributed by atoms with Crippen LogP contribution in [0.5, 0.6) is 5.75 Å². The number of hydrogen-bond donors (Lipinski definition) is 1. The van der Waals surface area contributed by atoms with Gasteiger partial charge in [-0.25, -0.2) is 23.5 Å². The number of nitrogens with one attached hydrogen (secondary N) is 1. The highest BCUT2D eigenvalue weighted by atomic mass is 19.1. The minimum atomic E-state index is -0.708. The number of amides is 1. The fourth-order valence-corrected chi connectivity index (χ4v) is 5.26. The van der Waals surface area contributed by atoms with Gasteiger partial charge in [-0.05, 0) is 65.7 Å². The van der Waals surface area contributed by atoms with E-state index in [1.165, 1.54) is 12.1 Å². The molecule has 1 fully saturated rings. The zero-order valence-electron chi connectivity index (χ0n) is 24.5. The molecule has 0 unspecified atom stereocenters. The van der Waals surface area contributed by atoms with E-state index in [2.05, 4.69) is 15.3 Å². The topological polar surface area (TPSA) is 102 Å². The standard InChI is InChI=1S/C30H36F2N6O4/c1-18(2)37-12-13-41-27-22(31)14-19(15-24(27)37)26-23(32)17-33-28(35-26)34-20-6-11-38(25(39)16-20)21-7-9-36(10-8-21)29(40)42-30(3,4)5/h6,11,14-18,21H,7-10,12-13H2,1-5H3,(H,33,34,35). The van der Waals surface area contributed by atoms with Gasteiger partial charge in [0.15, 0.2) is 17.4 Å². The van der Waals surface area contributed by atoms with Crippen LogP contribution >= 0.6 is 0 Å². The summed E-state index contributed by atoms with van der Waals surface area (Å²) < 4.78 is 42.5. The van der Waals surface area contributed by atoms with Gasteiger partial charge in [-0.15, -0.1) is 0 Å². The lowest BCUT2D eigenvalue weighted by Gasteiger charge is -2.34. The number of ether oxygens (including phenoxy) is 2. The lowest BCUT2D eigenvalue weighted by molar-refractivity contribution is 0.0187. The molecule has 0 radical (unpaired) electrons. The largest absolute Gasteiger partial charge is 0.486 e. The van der Waals surface area contributed by atoms with Crippen molar-refractivity contribution >= 4 is 23.4 Å². The van der Waals surface area contributed by atoms with Gasteiger partial charge in [0.25, 0.3) is 5.56 Å². The number of nitrogens with zero attached hydrogens (tertiary/aromatic N) is 5. The minimum absolute atomic E-state index is 0.0595. The van der Waals surface area contributed by atoms with Crippen LogP contribution in [0.4, 0.5) is 30.9 Å². The highest BCUT2D eigenvalue weighted by Crippen LogP contribution is 2.39. The molecule has 1 aromatic carbocycles. The van der Waals surface area contributed by atoms with Crippen molar-refractivity contribution in [2.45, 2.75) is 65.1 Å². The van der Waals surface area contributed by atoms with E-state index in [9.17, 15) is 18.4 Å². The van der Waals surface area contributed by atoms with E-state index >= 15 is 0 Å². The van der Waals surface area contributed by atoms with Crippen molar-refractivity contribution in [2.75, 3.05) is 36.5 Å². The van der Waals surface area contributed by atoms with Crippen LogP contribution in [0.15, 0.2) is 41.5 Å². The van der Waals surface area contributed by atoms with E-state index in [1.54, 1.807) is 27.8 Å².